The third kappa shape index (κ3) is 3.03. The molecule has 1 saturated heterocycles. The lowest BCUT2D eigenvalue weighted by Crippen LogP contribution is -2.43. The van der Waals surface area contributed by atoms with Crippen LogP contribution in [0.15, 0.2) is 17.8 Å². The van der Waals surface area contributed by atoms with Crippen LogP contribution in [0.25, 0.3) is 4.96 Å². The Kier molecular flexibility index (Phi) is 4.65. The van der Waals surface area contributed by atoms with Crippen molar-refractivity contribution in [2.45, 2.75) is 42.1 Å². The molecule has 1 aliphatic heterocycles. The smallest absolute Gasteiger partial charge is 0.193 e. The molecule has 3 nitrogen and oxygen atoms in total. The van der Waals surface area contributed by atoms with Gasteiger partial charge in [-0.1, -0.05) is 13.8 Å². The molecule has 0 aliphatic carbocycles. The Labute approximate surface area is 132 Å². The van der Waals surface area contributed by atoms with Crippen LogP contribution in [0.3, 0.4) is 0 Å². The molecular weight excluding hydrogens is 306 g/mol. The van der Waals surface area contributed by atoms with Gasteiger partial charge in [0, 0.05) is 51.7 Å². The zero-order valence-corrected chi connectivity index (χ0v) is 14.5. The molecular formula is C14H21N3S3. The van der Waals surface area contributed by atoms with Crippen molar-refractivity contribution in [2.75, 3.05) is 12.8 Å². The molecule has 0 spiro atoms. The number of thiazole rings is 1. The van der Waals surface area contributed by atoms with Gasteiger partial charge in [0.2, 0.25) is 0 Å². The Bertz CT molecular complexity index is 536. The summed E-state index contributed by atoms with van der Waals surface area (Å²) in [5, 5.41) is 7.78. The average Bonchev–Trinajstić information content (AvgIpc) is 3.00. The van der Waals surface area contributed by atoms with Gasteiger partial charge in [0.15, 0.2) is 4.96 Å². The van der Waals surface area contributed by atoms with Crippen molar-refractivity contribution in [3.05, 3.63) is 23.5 Å². The summed E-state index contributed by atoms with van der Waals surface area (Å²) < 4.78 is 2.13. The van der Waals surface area contributed by atoms with E-state index in [9.17, 15) is 0 Å². The second-order valence-corrected chi connectivity index (χ2v) is 9.25. The van der Waals surface area contributed by atoms with E-state index in [1.165, 1.54) is 11.4 Å². The predicted octanol–water partition coefficient (Wildman–Crippen LogP) is 3.15. The van der Waals surface area contributed by atoms with Gasteiger partial charge in [0.05, 0.1) is 5.69 Å². The number of thioether (sulfide) groups is 2. The number of hydrogen-bond donors (Lipinski definition) is 1. The first-order valence-electron chi connectivity index (χ1n) is 7.02. The predicted molar refractivity (Wildman–Crippen MR) is 92.4 cm³/mol. The van der Waals surface area contributed by atoms with E-state index in [0.29, 0.717) is 11.3 Å². The molecule has 1 fully saturated rings. The molecule has 0 radical (unpaired) electrons. The average molecular weight is 328 g/mol. The summed E-state index contributed by atoms with van der Waals surface area (Å²) in [6.07, 6.45) is 5.27. The largest absolute Gasteiger partial charge is 0.315 e. The van der Waals surface area contributed by atoms with Gasteiger partial charge in [0.25, 0.3) is 0 Å². The molecule has 4 unspecified atom stereocenters. The van der Waals surface area contributed by atoms with Crippen LogP contribution in [0.2, 0.25) is 0 Å². The van der Waals surface area contributed by atoms with E-state index >= 15 is 0 Å². The van der Waals surface area contributed by atoms with Crippen molar-refractivity contribution in [3.8, 4) is 0 Å². The topological polar surface area (TPSA) is 29.3 Å². The van der Waals surface area contributed by atoms with Crippen molar-refractivity contribution in [1.82, 2.24) is 14.7 Å². The number of aromatic nitrogens is 2. The number of rotatable bonds is 4. The molecule has 0 bridgehead atoms. The molecule has 110 valence electrons. The zero-order chi connectivity index (χ0) is 14.1. The van der Waals surface area contributed by atoms with Crippen molar-refractivity contribution >= 4 is 39.8 Å². The molecule has 3 heterocycles. The number of fused-ring (bicyclic) bond motifs is 1. The van der Waals surface area contributed by atoms with Gasteiger partial charge in [-0.05, 0) is 7.05 Å². The third-order valence-electron chi connectivity index (χ3n) is 3.97. The molecule has 3 rings (SSSR count). The lowest BCUT2D eigenvalue weighted by atomic mass is 10.1. The summed E-state index contributed by atoms with van der Waals surface area (Å²) in [5.41, 5.74) is 1.20. The Balaban J connectivity index is 1.68. The van der Waals surface area contributed by atoms with Gasteiger partial charge in [-0.2, -0.15) is 23.5 Å². The Morgan fingerprint density at radius 3 is 3.00 bits per heavy atom. The first-order chi connectivity index (χ1) is 9.67. The fourth-order valence-corrected chi connectivity index (χ4v) is 6.43. The molecule has 4 atom stereocenters. The third-order valence-corrected chi connectivity index (χ3v) is 8.29. The normalized spacial score (nSPS) is 28.9. The van der Waals surface area contributed by atoms with Crippen LogP contribution in [0, 0.1) is 0 Å². The molecule has 1 aliphatic rings. The minimum Gasteiger partial charge on any atom is -0.315 e. The molecule has 0 amide bonds. The number of nitrogens with one attached hydrogen (secondary N) is 1. The van der Waals surface area contributed by atoms with E-state index in [1.807, 2.05) is 0 Å². The quantitative estimate of drug-likeness (QED) is 0.934. The fraction of sp³-hybridized carbons (Fsp3) is 0.643. The van der Waals surface area contributed by atoms with Crippen LogP contribution in [-0.2, 0) is 6.42 Å². The van der Waals surface area contributed by atoms with E-state index in [-0.39, 0.29) is 0 Å². The number of imidazole rings is 1. The summed E-state index contributed by atoms with van der Waals surface area (Å²) >= 11 is 5.95. The van der Waals surface area contributed by atoms with Crippen LogP contribution in [-0.4, -0.2) is 44.0 Å². The van der Waals surface area contributed by atoms with Crippen LogP contribution in [0.4, 0.5) is 0 Å². The highest BCUT2D eigenvalue weighted by atomic mass is 32.2. The van der Waals surface area contributed by atoms with Crippen molar-refractivity contribution in [3.63, 3.8) is 0 Å². The molecule has 2 aromatic heterocycles. The minimum absolute atomic E-state index is 0.507. The Hall–Kier alpha value is -0.170. The Morgan fingerprint density at radius 2 is 2.30 bits per heavy atom. The Morgan fingerprint density at radius 1 is 1.45 bits per heavy atom. The summed E-state index contributed by atoms with van der Waals surface area (Å²) in [5.74, 6) is 1.24. The van der Waals surface area contributed by atoms with Gasteiger partial charge in [-0.25, -0.2) is 4.98 Å². The monoisotopic (exact) mass is 327 g/mol. The summed E-state index contributed by atoms with van der Waals surface area (Å²) in [6.45, 7) is 4.70. The minimum atomic E-state index is 0.507. The van der Waals surface area contributed by atoms with Crippen LogP contribution < -0.4 is 5.32 Å². The summed E-state index contributed by atoms with van der Waals surface area (Å²) in [6, 6.07) is 0.507. The van der Waals surface area contributed by atoms with Crippen LogP contribution >= 0.6 is 34.9 Å². The molecule has 2 aromatic rings. The highest BCUT2D eigenvalue weighted by molar-refractivity contribution is 8.07. The fourth-order valence-electron chi connectivity index (χ4n) is 2.54. The zero-order valence-electron chi connectivity index (χ0n) is 12.1. The van der Waals surface area contributed by atoms with E-state index in [2.05, 4.69) is 71.9 Å². The van der Waals surface area contributed by atoms with Gasteiger partial charge < -0.3 is 5.32 Å². The van der Waals surface area contributed by atoms with Gasteiger partial charge in [0.1, 0.15) is 0 Å². The first kappa shape index (κ1) is 14.8. The molecule has 0 saturated carbocycles. The van der Waals surface area contributed by atoms with Crippen molar-refractivity contribution in [2.24, 2.45) is 0 Å². The molecule has 1 N–H and O–H groups in total. The first-order valence-corrected chi connectivity index (χ1v) is 9.90. The lowest BCUT2D eigenvalue weighted by molar-refractivity contribution is 0.549. The second kappa shape index (κ2) is 6.30. The maximum atomic E-state index is 4.71. The maximum absolute atomic E-state index is 4.71. The van der Waals surface area contributed by atoms with E-state index < -0.39 is 0 Å². The van der Waals surface area contributed by atoms with Crippen LogP contribution in [0.1, 0.15) is 19.5 Å². The number of nitrogens with zero attached hydrogens (tertiary/aromatic N) is 2. The van der Waals surface area contributed by atoms with Gasteiger partial charge in [-0.3, -0.25) is 4.40 Å². The number of likely N-dealkylation sites (N-methyl/N-ethyl adjacent to an activating group) is 1. The SMILES string of the molecule is CNC(Cc1cn2ccsc2n1)C1CSC(C)C(C)S1. The van der Waals surface area contributed by atoms with Crippen LogP contribution in [0.5, 0.6) is 0 Å². The second-order valence-electron chi connectivity index (χ2n) is 5.34. The maximum Gasteiger partial charge on any atom is 0.193 e. The summed E-state index contributed by atoms with van der Waals surface area (Å²) in [4.78, 5) is 5.81. The number of hydrogen-bond acceptors (Lipinski definition) is 5. The molecule has 0 aromatic carbocycles. The standard InChI is InChI=1S/C14H21N3S3/c1-9-10(2)20-13(8-19-9)12(15-3)6-11-7-17-4-5-18-14(17)16-11/h4-5,7,9-10,12-13,15H,6,8H2,1-3H3. The van der Waals surface area contributed by atoms with E-state index in [1.54, 1.807) is 11.3 Å². The highest BCUT2D eigenvalue weighted by Gasteiger charge is 2.31. The summed E-state index contributed by atoms with van der Waals surface area (Å²) in [7, 11) is 2.08. The molecule has 6 heteroatoms. The van der Waals surface area contributed by atoms with Gasteiger partial charge in [-0.15, -0.1) is 11.3 Å². The van der Waals surface area contributed by atoms with Crippen molar-refractivity contribution < 1.29 is 0 Å². The molecule has 20 heavy (non-hydrogen) atoms. The lowest BCUT2D eigenvalue weighted by Gasteiger charge is -2.35. The highest BCUT2D eigenvalue weighted by Crippen LogP contribution is 2.37. The van der Waals surface area contributed by atoms with Gasteiger partial charge >= 0.3 is 0 Å². The van der Waals surface area contributed by atoms with E-state index in [4.69, 9.17) is 4.98 Å². The van der Waals surface area contributed by atoms with E-state index in [0.717, 1.165) is 21.9 Å². The van der Waals surface area contributed by atoms with Crippen molar-refractivity contribution in [1.29, 1.82) is 0 Å².